The van der Waals surface area contributed by atoms with Crippen molar-refractivity contribution in [2.45, 2.75) is 497 Å². The number of aliphatic hydroxyl groups excluding tert-OH is 11. The van der Waals surface area contributed by atoms with Crippen molar-refractivity contribution in [3.05, 3.63) is 0 Å². The molecular weight excluding hydrogens is 1300 g/mol. The van der Waals surface area contributed by atoms with Gasteiger partial charge in [-0.2, -0.15) is 0 Å². The molecule has 3 aliphatic rings. The van der Waals surface area contributed by atoms with Gasteiger partial charge in [-0.25, -0.2) is 0 Å². The third-order valence-electron chi connectivity index (χ3n) is 22.2. The van der Waals surface area contributed by atoms with E-state index in [1.54, 1.807) is 0 Å². The molecule has 3 aliphatic heterocycles. The van der Waals surface area contributed by atoms with Crippen LogP contribution in [0.15, 0.2) is 0 Å². The highest BCUT2D eigenvalue weighted by molar-refractivity contribution is 5.76. The minimum Gasteiger partial charge on any atom is -0.394 e. The van der Waals surface area contributed by atoms with E-state index in [1.165, 1.54) is 315 Å². The molecule has 3 fully saturated rings. The van der Waals surface area contributed by atoms with Crippen molar-refractivity contribution in [3.63, 3.8) is 0 Å². The molecule has 0 saturated carbocycles. The number of carbonyl (C=O) groups is 1. The van der Waals surface area contributed by atoms with Gasteiger partial charge in [0.15, 0.2) is 18.9 Å². The molecule has 3 heterocycles. The average Bonchev–Trinajstić information content (AvgIpc) is 0.778. The fraction of sp³-hybridized carbons (Fsp3) is 0.988. The van der Waals surface area contributed by atoms with E-state index < -0.39 is 124 Å². The summed E-state index contributed by atoms with van der Waals surface area (Å²) in [5, 5.41) is 121. The standard InChI is InChI=1S/C83H161NO18/c1-3-5-7-9-11-13-15-17-19-21-23-25-27-29-30-31-32-33-34-35-37-38-40-42-44-46-48-50-52-54-56-58-60-67(88)66(84-71(89)61-59-57-55-53-51-49-47-45-43-41-39-36-28-26-24-22-20-18-16-14-12-10-8-6-4-2)65-97-81-77(95)74(92)79(69(63-86)99-81)102-83-78(96)75(93)80(70(64-87)100-83)101-82-76(94)73(91)72(90)68(62-85)98-82/h66-70,72-83,85-88,90-96H,3-65H2,1-2H3,(H,84,89). The largest absolute Gasteiger partial charge is 0.394 e. The summed E-state index contributed by atoms with van der Waals surface area (Å²) >= 11 is 0. The fourth-order valence-electron chi connectivity index (χ4n) is 15.3. The van der Waals surface area contributed by atoms with Gasteiger partial charge in [0.1, 0.15) is 73.2 Å². The molecule has 606 valence electrons. The summed E-state index contributed by atoms with van der Waals surface area (Å²) < 4.78 is 34.6. The van der Waals surface area contributed by atoms with Gasteiger partial charge in [-0.1, -0.05) is 373 Å². The van der Waals surface area contributed by atoms with Crippen molar-refractivity contribution < 1.29 is 89.4 Å². The lowest BCUT2D eigenvalue weighted by Gasteiger charge is -2.48. The molecule has 12 N–H and O–H groups in total. The lowest BCUT2D eigenvalue weighted by molar-refractivity contribution is -0.379. The van der Waals surface area contributed by atoms with Crippen LogP contribution in [0.25, 0.3) is 0 Å². The van der Waals surface area contributed by atoms with E-state index in [0.29, 0.717) is 12.8 Å². The zero-order valence-electron chi connectivity index (χ0n) is 65.1. The SMILES string of the molecule is CCCCCCCCCCCCCCCCCCCCCCCCCCCCCCCCCCC(O)C(COC1OC(CO)C(OC2OC(CO)C(OC3OC(CO)C(O)C(O)C3O)C(O)C2O)C(O)C1O)NC(=O)CCCCCCCCCCCCCCCCCCCCCCCCCCC. The van der Waals surface area contributed by atoms with Crippen LogP contribution < -0.4 is 5.32 Å². The van der Waals surface area contributed by atoms with Crippen LogP contribution in [-0.2, 0) is 33.2 Å². The second kappa shape index (κ2) is 64.6. The average molecular weight is 1460 g/mol. The zero-order chi connectivity index (χ0) is 73.9. The first kappa shape index (κ1) is 95.0. The lowest BCUT2D eigenvalue weighted by atomic mass is 9.96. The fourth-order valence-corrected chi connectivity index (χ4v) is 15.3. The van der Waals surface area contributed by atoms with Crippen molar-refractivity contribution in [2.24, 2.45) is 0 Å². The van der Waals surface area contributed by atoms with Gasteiger partial charge in [-0.05, 0) is 12.8 Å². The Balaban J connectivity index is 1.33. The van der Waals surface area contributed by atoms with Crippen LogP contribution >= 0.6 is 0 Å². The van der Waals surface area contributed by atoms with Crippen LogP contribution in [0.1, 0.15) is 393 Å². The van der Waals surface area contributed by atoms with Crippen molar-refractivity contribution in [1.82, 2.24) is 5.32 Å². The van der Waals surface area contributed by atoms with E-state index in [-0.39, 0.29) is 18.9 Å². The van der Waals surface area contributed by atoms with Crippen molar-refractivity contribution in [2.75, 3.05) is 26.4 Å². The van der Waals surface area contributed by atoms with Crippen LogP contribution in [-0.4, -0.2) is 193 Å². The Morgan fingerprint density at radius 3 is 0.853 bits per heavy atom. The quantitative estimate of drug-likeness (QED) is 0.0252. The maximum Gasteiger partial charge on any atom is 0.220 e. The van der Waals surface area contributed by atoms with Gasteiger partial charge >= 0.3 is 0 Å². The van der Waals surface area contributed by atoms with Gasteiger partial charge in [0.25, 0.3) is 0 Å². The Labute approximate surface area is 621 Å². The second-order valence-corrected chi connectivity index (χ2v) is 31.4. The number of aliphatic hydroxyl groups is 11. The van der Waals surface area contributed by atoms with Crippen molar-refractivity contribution in [1.29, 1.82) is 0 Å². The molecule has 0 aromatic heterocycles. The van der Waals surface area contributed by atoms with Crippen LogP contribution in [0.5, 0.6) is 0 Å². The smallest absolute Gasteiger partial charge is 0.220 e. The van der Waals surface area contributed by atoms with Gasteiger partial charge in [-0.3, -0.25) is 4.79 Å². The number of hydrogen-bond acceptors (Lipinski definition) is 18. The van der Waals surface area contributed by atoms with Crippen LogP contribution in [0.4, 0.5) is 0 Å². The number of amides is 1. The Bertz CT molecular complexity index is 1840. The van der Waals surface area contributed by atoms with Gasteiger partial charge in [0.2, 0.25) is 5.91 Å². The predicted molar refractivity (Wildman–Crippen MR) is 407 cm³/mol. The van der Waals surface area contributed by atoms with Crippen LogP contribution in [0.2, 0.25) is 0 Å². The molecule has 3 rings (SSSR count). The van der Waals surface area contributed by atoms with E-state index in [4.69, 9.17) is 28.4 Å². The Morgan fingerprint density at radius 1 is 0.314 bits per heavy atom. The summed E-state index contributed by atoms with van der Waals surface area (Å²) in [7, 11) is 0. The van der Waals surface area contributed by atoms with Crippen molar-refractivity contribution in [3.8, 4) is 0 Å². The van der Waals surface area contributed by atoms with Gasteiger partial charge in [-0.15, -0.1) is 0 Å². The number of rotatable bonds is 71. The minimum absolute atomic E-state index is 0.232. The number of nitrogens with one attached hydrogen (secondary N) is 1. The third-order valence-corrected chi connectivity index (χ3v) is 22.2. The van der Waals surface area contributed by atoms with Gasteiger partial charge < -0.3 is 89.9 Å². The maximum atomic E-state index is 13.5. The molecule has 19 heteroatoms. The van der Waals surface area contributed by atoms with E-state index in [2.05, 4.69) is 19.2 Å². The first-order valence-electron chi connectivity index (χ1n) is 43.3. The van der Waals surface area contributed by atoms with E-state index in [1.807, 2.05) is 0 Å². The number of hydrogen-bond donors (Lipinski definition) is 12. The Hall–Kier alpha value is -1.21. The number of carbonyl (C=O) groups excluding carboxylic acids is 1. The molecule has 17 unspecified atom stereocenters. The molecule has 1 amide bonds. The number of unbranched alkanes of at least 4 members (excludes halogenated alkanes) is 55. The zero-order valence-corrected chi connectivity index (χ0v) is 65.1. The van der Waals surface area contributed by atoms with E-state index in [0.717, 1.165) is 44.9 Å². The Morgan fingerprint density at radius 2 is 0.559 bits per heavy atom. The molecule has 0 radical (unpaired) electrons. The molecule has 0 bridgehead atoms. The summed E-state index contributed by atoms with van der Waals surface area (Å²) in [6.45, 7) is 1.89. The maximum absolute atomic E-state index is 13.5. The molecule has 0 spiro atoms. The molecule has 0 aliphatic carbocycles. The summed E-state index contributed by atoms with van der Waals surface area (Å²) in [5.74, 6) is -0.232. The Kier molecular flexibility index (Phi) is 60.2. The van der Waals surface area contributed by atoms with Crippen LogP contribution in [0, 0.1) is 0 Å². The summed E-state index contributed by atoms with van der Waals surface area (Å²) in [6, 6.07) is -0.884. The minimum atomic E-state index is -1.97. The highest BCUT2D eigenvalue weighted by Gasteiger charge is 2.54. The molecule has 19 nitrogen and oxygen atoms in total. The van der Waals surface area contributed by atoms with Crippen LogP contribution in [0.3, 0.4) is 0 Å². The predicted octanol–water partition coefficient (Wildman–Crippen LogP) is 15.4. The first-order valence-corrected chi connectivity index (χ1v) is 43.3. The highest BCUT2D eigenvalue weighted by Crippen LogP contribution is 2.34. The molecular formula is C83H161NO18. The molecule has 17 atom stereocenters. The first-order chi connectivity index (χ1) is 49.8. The molecule has 0 aromatic rings. The third kappa shape index (κ3) is 43.8. The van der Waals surface area contributed by atoms with Gasteiger partial charge in [0, 0.05) is 6.42 Å². The van der Waals surface area contributed by atoms with E-state index >= 15 is 0 Å². The number of ether oxygens (including phenoxy) is 6. The van der Waals surface area contributed by atoms with Gasteiger partial charge in [0.05, 0.1) is 38.6 Å². The summed E-state index contributed by atoms with van der Waals surface area (Å²) in [5.41, 5.74) is 0. The molecule has 3 saturated heterocycles. The van der Waals surface area contributed by atoms with Crippen molar-refractivity contribution >= 4 is 5.91 Å². The topological polar surface area (TPSA) is 307 Å². The van der Waals surface area contributed by atoms with E-state index in [9.17, 15) is 61.0 Å². The second-order valence-electron chi connectivity index (χ2n) is 31.4. The lowest BCUT2D eigenvalue weighted by Crippen LogP contribution is -2.66. The highest BCUT2D eigenvalue weighted by atomic mass is 16.8. The molecule has 102 heavy (non-hydrogen) atoms. The summed E-state index contributed by atoms with van der Waals surface area (Å²) in [6.07, 6.45) is 49.2. The summed E-state index contributed by atoms with van der Waals surface area (Å²) in [4.78, 5) is 13.5. The monoisotopic (exact) mass is 1460 g/mol. The normalized spacial score (nSPS) is 26.1. The molecule has 0 aromatic carbocycles.